The van der Waals surface area contributed by atoms with Gasteiger partial charge in [-0.25, -0.2) is 0 Å². The predicted octanol–water partition coefficient (Wildman–Crippen LogP) is 3.99. The number of benzene rings is 2. The molecule has 23 heavy (non-hydrogen) atoms. The Morgan fingerprint density at radius 1 is 0.957 bits per heavy atom. The number of hydrogen-bond donors (Lipinski definition) is 0. The molecule has 3 heteroatoms. The topological polar surface area (TPSA) is 6.48 Å². The van der Waals surface area contributed by atoms with Gasteiger partial charge in [0.05, 0.1) is 0 Å². The zero-order valence-electron chi connectivity index (χ0n) is 14.0. The summed E-state index contributed by atoms with van der Waals surface area (Å²) in [6.07, 6.45) is 1.13. The zero-order valence-corrected chi connectivity index (χ0v) is 14.8. The summed E-state index contributed by atoms with van der Waals surface area (Å²) in [5.74, 6) is 0. The molecule has 1 saturated heterocycles. The number of piperazine rings is 1. The van der Waals surface area contributed by atoms with Crippen molar-refractivity contribution in [3.05, 3.63) is 59.2 Å². The molecule has 0 unspecified atom stereocenters. The Bertz CT molecular complexity index is 705. The third kappa shape index (κ3) is 3.06. The highest BCUT2D eigenvalue weighted by Crippen LogP contribution is 2.43. The smallest absolute Gasteiger partial charge is 0.0401 e. The van der Waals surface area contributed by atoms with Crippen molar-refractivity contribution in [2.45, 2.75) is 29.2 Å². The molecule has 2 nitrogen and oxygen atoms in total. The minimum atomic E-state index is 0.510. The molecule has 120 valence electrons. The largest absolute Gasteiger partial charge is 0.304 e. The van der Waals surface area contributed by atoms with Gasteiger partial charge in [0.25, 0.3) is 0 Å². The molecule has 0 aromatic heterocycles. The first-order chi connectivity index (χ1) is 11.2. The quantitative estimate of drug-likeness (QED) is 0.783. The molecule has 2 heterocycles. The van der Waals surface area contributed by atoms with Crippen LogP contribution >= 0.6 is 11.8 Å². The van der Waals surface area contributed by atoms with Crippen molar-refractivity contribution in [2.24, 2.45) is 0 Å². The average Bonchev–Trinajstić information content (AvgIpc) is 2.71. The van der Waals surface area contributed by atoms with E-state index in [0.717, 1.165) is 6.42 Å². The molecule has 0 radical (unpaired) electrons. The van der Waals surface area contributed by atoms with Crippen molar-refractivity contribution in [2.75, 3.05) is 33.2 Å². The van der Waals surface area contributed by atoms with Gasteiger partial charge in [-0.1, -0.05) is 42.1 Å². The summed E-state index contributed by atoms with van der Waals surface area (Å²) in [6, 6.07) is 16.5. The van der Waals surface area contributed by atoms with Gasteiger partial charge >= 0.3 is 0 Å². The Kier molecular flexibility index (Phi) is 4.18. The third-order valence-electron chi connectivity index (χ3n) is 5.11. The van der Waals surface area contributed by atoms with Crippen molar-refractivity contribution in [1.29, 1.82) is 0 Å². The van der Waals surface area contributed by atoms with Gasteiger partial charge < -0.3 is 4.90 Å². The van der Waals surface area contributed by atoms with E-state index in [0.29, 0.717) is 6.04 Å². The van der Waals surface area contributed by atoms with Crippen LogP contribution in [0.4, 0.5) is 0 Å². The summed E-state index contributed by atoms with van der Waals surface area (Å²) in [5, 5.41) is 0. The normalized spacial score (nSPS) is 22.3. The van der Waals surface area contributed by atoms with Crippen LogP contribution in [0.15, 0.2) is 52.3 Å². The lowest BCUT2D eigenvalue weighted by molar-refractivity contribution is 0.110. The lowest BCUT2D eigenvalue weighted by atomic mass is 9.96. The van der Waals surface area contributed by atoms with Crippen LogP contribution in [0.1, 0.15) is 22.7 Å². The lowest BCUT2D eigenvalue weighted by Crippen LogP contribution is -2.46. The van der Waals surface area contributed by atoms with Gasteiger partial charge in [0.1, 0.15) is 0 Å². The molecule has 1 fully saturated rings. The Hall–Kier alpha value is -1.29. The van der Waals surface area contributed by atoms with Gasteiger partial charge in [-0.05, 0) is 49.2 Å². The first kappa shape index (κ1) is 15.3. The van der Waals surface area contributed by atoms with E-state index in [2.05, 4.69) is 66.2 Å². The highest BCUT2D eigenvalue weighted by molar-refractivity contribution is 7.99. The first-order valence-electron chi connectivity index (χ1n) is 8.49. The van der Waals surface area contributed by atoms with Gasteiger partial charge in [0.15, 0.2) is 0 Å². The van der Waals surface area contributed by atoms with E-state index >= 15 is 0 Å². The van der Waals surface area contributed by atoms with Gasteiger partial charge in [-0.3, -0.25) is 4.90 Å². The van der Waals surface area contributed by atoms with Crippen LogP contribution in [-0.2, 0) is 6.42 Å². The average molecular weight is 324 g/mol. The van der Waals surface area contributed by atoms with Crippen molar-refractivity contribution in [3.63, 3.8) is 0 Å². The molecule has 2 aromatic rings. The summed E-state index contributed by atoms with van der Waals surface area (Å²) in [4.78, 5) is 8.00. The predicted molar refractivity (Wildman–Crippen MR) is 97.3 cm³/mol. The molecule has 0 N–H and O–H groups in total. The maximum atomic E-state index is 2.69. The fourth-order valence-corrected chi connectivity index (χ4v) is 4.91. The minimum absolute atomic E-state index is 0.510. The van der Waals surface area contributed by atoms with Gasteiger partial charge in [-0.2, -0.15) is 0 Å². The van der Waals surface area contributed by atoms with Crippen molar-refractivity contribution in [1.82, 2.24) is 9.80 Å². The highest BCUT2D eigenvalue weighted by atomic mass is 32.2. The molecule has 2 aliphatic rings. The number of rotatable bonds is 1. The maximum Gasteiger partial charge on any atom is 0.0401 e. The van der Waals surface area contributed by atoms with Crippen LogP contribution < -0.4 is 0 Å². The van der Waals surface area contributed by atoms with Crippen LogP contribution in [0.25, 0.3) is 0 Å². The second-order valence-corrected chi connectivity index (χ2v) is 7.89. The van der Waals surface area contributed by atoms with E-state index in [1.807, 2.05) is 11.8 Å². The van der Waals surface area contributed by atoms with Crippen LogP contribution in [0.2, 0.25) is 0 Å². The molecular weight excluding hydrogens is 300 g/mol. The molecule has 0 amide bonds. The SMILES string of the molecule is Cc1ccc2c(c1)Sc1ccccc1C[C@@H]2N1CCN(C)CC1. The Morgan fingerprint density at radius 3 is 2.57 bits per heavy atom. The van der Waals surface area contributed by atoms with Crippen LogP contribution in [-0.4, -0.2) is 43.0 Å². The summed E-state index contributed by atoms with van der Waals surface area (Å²) in [7, 11) is 2.23. The maximum absolute atomic E-state index is 2.69. The minimum Gasteiger partial charge on any atom is -0.304 e. The Labute approximate surface area is 143 Å². The monoisotopic (exact) mass is 324 g/mol. The number of aryl methyl sites for hydroxylation is 1. The summed E-state index contributed by atoms with van der Waals surface area (Å²) < 4.78 is 0. The Morgan fingerprint density at radius 2 is 1.74 bits per heavy atom. The summed E-state index contributed by atoms with van der Waals surface area (Å²) in [6.45, 7) is 6.88. The molecule has 0 saturated carbocycles. The van der Waals surface area contributed by atoms with Crippen molar-refractivity contribution < 1.29 is 0 Å². The summed E-state index contributed by atoms with van der Waals surface area (Å²) >= 11 is 1.95. The van der Waals surface area contributed by atoms with Gasteiger partial charge in [-0.15, -0.1) is 0 Å². The molecule has 2 aromatic carbocycles. The summed E-state index contributed by atoms with van der Waals surface area (Å²) in [5.41, 5.74) is 4.37. The van der Waals surface area contributed by atoms with Crippen LogP contribution in [0, 0.1) is 6.92 Å². The van der Waals surface area contributed by atoms with E-state index in [9.17, 15) is 0 Å². The van der Waals surface area contributed by atoms with E-state index in [4.69, 9.17) is 0 Å². The van der Waals surface area contributed by atoms with Crippen LogP contribution in [0.3, 0.4) is 0 Å². The second-order valence-electron chi connectivity index (χ2n) is 6.81. The molecule has 0 spiro atoms. The van der Waals surface area contributed by atoms with E-state index < -0.39 is 0 Å². The number of hydrogen-bond acceptors (Lipinski definition) is 3. The molecule has 1 atom stereocenters. The van der Waals surface area contributed by atoms with Crippen LogP contribution in [0.5, 0.6) is 0 Å². The third-order valence-corrected chi connectivity index (χ3v) is 6.30. The second kappa shape index (κ2) is 6.31. The molecule has 2 aliphatic heterocycles. The van der Waals surface area contributed by atoms with E-state index in [1.54, 1.807) is 0 Å². The van der Waals surface area contributed by atoms with Gasteiger partial charge in [0.2, 0.25) is 0 Å². The number of likely N-dealkylation sites (N-methyl/N-ethyl adjacent to an activating group) is 1. The van der Waals surface area contributed by atoms with E-state index in [-0.39, 0.29) is 0 Å². The zero-order chi connectivity index (χ0) is 15.8. The van der Waals surface area contributed by atoms with Crippen molar-refractivity contribution in [3.8, 4) is 0 Å². The molecule has 4 rings (SSSR count). The molecule has 0 bridgehead atoms. The highest BCUT2D eigenvalue weighted by Gasteiger charge is 2.29. The molecular formula is C20H24N2S. The first-order valence-corrected chi connectivity index (χ1v) is 9.31. The number of fused-ring (bicyclic) bond motifs is 2. The number of nitrogens with zero attached hydrogens (tertiary/aromatic N) is 2. The molecule has 0 aliphatic carbocycles. The van der Waals surface area contributed by atoms with E-state index in [1.165, 1.54) is 52.7 Å². The van der Waals surface area contributed by atoms with Gasteiger partial charge in [0, 0.05) is 42.0 Å². The Balaban J connectivity index is 1.75. The standard InChI is InChI=1S/C20H24N2S/c1-15-7-8-17-18(22-11-9-21(2)10-12-22)14-16-5-3-4-6-19(16)23-20(17)13-15/h3-8,13,18H,9-12,14H2,1-2H3/t18-/m0/s1. The van der Waals surface area contributed by atoms with Crippen molar-refractivity contribution >= 4 is 11.8 Å². The lowest BCUT2D eigenvalue weighted by Gasteiger charge is -2.38. The fraction of sp³-hybridized carbons (Fsp3) is 0.400. The fourth-order valence-electron chi connectivity index (χ4n) is 3.67.